The molecule has 1 amide bonds. The van der Waals surface area contributed by atoms with E-state index in [-0.39, 0.29) is 0 Å². The highest BCUT2D eigenvalue weighted by Crippen LogP contribution is 2.23. The second-order valence-corrected chi connectivity index (χ2v) is 10.9. The molecule has 3 rings (SSSR count). The third-order valence-corrected chi connectivity index (χ3v) is 7.29. The smallest absolute Gasteiger partial charge is 0.336 e. The Hall–Kier alpha value is -3.02. The number of rotatable bonds is 11. The standard InChI is InChI=1S/C22H35N3O.C6H8O7/c1-23(2)14-15-25(21-10-12-24(3)13-11-21)22(26)17-18-8-9-19-6-4-5-7-20(19)16-18;7-3(8)1-6(13,5(11)12)2-4(9)10/h8-9,16,21H,4-7,10-15,17H2,1-3H3;13H,1-2H2,(H,7,8)(H,9,10)(H,11,12). The third kappa shape index (κ3) is 10.6. The van der Waals surface area contributed by atoms with Gasteiger partial charge in [-0.25, -0.2) is 4.79 Å². The molecule has 4 N–H and O–H groups in total. The van der Waals surface area contributed by atoms with E-state index in [2.05, 4.69) is 54.0 Å². The summed E-state index contributed by atoms with van der Waals surface area (Å²) in [6, 6.07) is 7.14. The highest BCUT2D eigenvalue weighted by Gasteiger charge is 2.40. The minimum Gasteiger partial charge on any atom is -0.481 e. The molecule has 11 nitrogen and oxygen atoms in total. The van der Waals surface area contributed by atoms with Gasteiger partial charge in [0, 0.05) is 19.1 Å². The first-order valence-corrected chi connectivity index (χ1v) is 13.4. The number of likely N-dealkylation sites (tertiary alicyclic amines) is 1. The third-order valence-electron chi connectivity index (χ3n) is 7.29. The van der Waals surface area contributed by atoms with E-state index in [0.717, 1.165) is 39.0 Å². The number of carbonyl (C=O) groups is 4. The number of carboxylic acids is 3. The maximum absolute atomic E-state index is 13.2. The maximum atomic E-state index is 13.2. The molecule has 2 aliphatic rings. The summed E-state index contributed by atoms with van der Waals surface area (Å²) in [5.41, 5.74) is 1.42. The van der Waals surface area contributed by atoms with E-state index in [1.54, 1.807) is 0 Å². The fourth-order valence-electron chi connectivity index (χ4n) is 5.01. The van der Waals surface area contributed by atoms with Gasteiger partial charge in [0.05, 0.1) is 19.3 Å². The number of nitrogens with zero attached hydrogens (tertiary/aromatic N) is 3. The van der Waals surface area contributed by atoms with Crippen LogP contribution in [0.2, 0.25) is 0 Å². The minimum absolute atomic E-state index is 0.303. The lowest BCUT2D eigenvalue weighted by Gasteiger charge is -2.38. The molecule has 1 fully saturated rings. The lowest BCUT2D eigenvalue weighted by atomic mass is 9.90. The van der Waals surface area contributed by atoms with Crippen LogP contribution in [0.5, 0.6) is 0 Å². The van der Waals surface area contributed by atoms with Crippen molar-refractivity contribution >= 4 is 23.8 Å². The lowest BCUT2D eigenvalue weighted by Crippen LogP contribution is -2.49. The molecule has 1 aromatic rings. The molecule has 0 aromatic heterocycles. The number of hydrogen-bond donors (Lipinski definition) is 4. The van der Waals surface area contributed by atoms with Gasteiger partial charge in [0.25, 0.3) is 0 Å². The summed E-state index contributed by atoms with van der Waals surface area (Å²) in [5.74, 6) is -4.72. The van der Waals surface area contributed by atoms with Crippen molar-refractivity contribution in [2.75, 3.05) is 47.3 Å². The zero-order valence-electron chi connectivity index (χ0n) is 23.3. The molecule has 0 saturated carbocycles. The van der Waals surface area contributed by atoms with Gasteiger partial charge in [-0.05, 0) is 89.4 Å². The number of hydrogen-bond acceptors (Lipinski definition) is 7. The molecular formula is C28H43N3O8. The fourth-order valence-corrected chi connectivity index (χ4v) is 5.01. The lowest BCUT2D eigenvalue weighted by molar-refractivity contribution is -0.170. The molecule has 1 aliphatic carbocycles. The topological polar surface area (TPSA) is 159 Å². The molecule has 1 heterocycles. The van der Waals surface area contributed by atoms with Gasteiger partial charge in [0.15, 0.2) is 5.60 Å². The second kappa shape index (κ2) is 14.9. The van der Waals surface area contributed by atoms with Crippen LogP contribution >= 0.6 is 0 Å². The van der Waals surface area contributed by atoms with E-state index >= 15 is 0 Å². The van der Waals surface area contributed by atoms with E-state index < -0.39 is 36.4 Å². The molecule has 0 atom stereocenters. The molecule has 11 heteroatoms. The van der Waals surface area contributed by atoms with Crippen LogP contribution < -0.4 is 0 Å². The summed E-state index contributed by atoms with van der Waals surface area (Å²) in [6.45, 7) is 3.96. The molecule has 39 heavy (non-hydrogen) atoms. The molecule has 0 bridgehead atoms. The first kappa shape index (κ1) is 32.2. The number of carboxylic acid groups (broad SMARTS) is 3. The van der Waals surface area contributed by atoms with Crippen molar-refractivity contribution in [2.24, 2.45) is 0 Å². The number of aliphatic carboxylic acids is 3. The van der Waals surface area contributed by atoms with Crippen LogP contribution in [0, 0.1) is 0 Å². The average Bonchev–Trinajstić information content (AvgIpc) is 2.84. The molecule has 1 saturated heterocycles. The summed E-state index contributed by atoms with van der Waals surface area (Å²) in [4.78, 5) is 50.4. The van der Waals surface area contributed by atoms with Crippen molar-refractivity contribution in [1.29, 1.82) is 0 Å². The Kier molecular flexibility index (Phi) is 12.3. The first-order chi connectivity index (χ1) is 18.3. The van der Waals surface area contributed by atoms with E-state index in [4.69, 9.17) is 20.4 Å². The van der Waals surface area contributed by atoms with Crippen LogP contribution in [-0.4, -0.2) is 118 Å². The number of likely N-dealkylation sites (N-methyl/N-ethyl adjacent to an activating group) is 1. The molecule has 0 spiro atoms. The predicted octanol–water partition coefficient (Wildman–Crippen LogP) is 1.34. The van der Waals surface area contributed by atoms with E-state index in [1.165, 1.54) is 42.4 Å². The molecule has 0 unspecified atom stereocenters. The van der Waals surface area contributed by atoms with Gasteiger partial charge in [-0.1, -0.05) is 18.2 Å². The number of aryl methyl sites for hydroxylation is 2. The van der Waals surface area contributed by atoms with E-state index in [9.17, 15) is 19.2 Å². The SMILES string of the molecule is CN(C)CCN(C(=O)Cc1ccc2c(c1)CCCC2)C1CCN(C)CC1.O=C(O)CC(O)(CC(=O)O)C(=O)O. The van der Waals surface area contributed by atoms with Gasteiger partial charge in [-0.15, -0.1) is 0 Å². The number of amides is 1. The summed E-state index contributed by atoms with van der Waals surface area (Å²) < 4.78 is 0. The average molecular weight is 550 g/mol. The number of piperidine rings is 1. The zero-order valence-corrected chi connectivity index (χ0v) is 23.3. The van der Waals surface area contributed by atoms with Crippen molar-refractivity contribution < 1.29 is 39.6 Å². The van der Waals surface area contributed by atoms with Gasteiger partial charge in [-0.2, -0.15) is 0 Å². The van der Waals surface area contributed by atoms with Crippen LogP contribution in [0.1, 0.15) is 55.2 Å². The first-order valence-electron chi connectivity index (χ1n) is 13.4. The fraction of sp³-hybridized carbons (Fsp3) is 0.643. The Balaban J connectivity index is 0.000000349. The summed E-state index contributed by atoms with van der Waals surface area (Å²) in [6.07, 6.45) is 5.43. The number of fused-ring (bicyclic) bond motifs is 1. The normalized spacial score (nSPS) is 16.1. The van der Waals surface area contributed by atoms with Crippen LogP contribution in [-0.2, 0) is 38.4 Å². The van der Waals surface area contributed by atoms with Gasteiger partial charge in [-0.3, -0.25) is 14.4 Å². The molecular weight excluding hydrogens is 506 g/mol. The largest absolute Gasteiger partial charge is 0.481 e. The number of carbonyl (C=O) groups excluding carboxylic acids is 1. The Morgan fingerprint density at radius 2 is 1.49 bits per heavy atom. The monoisotopic (exact) mass is 549 g/mol. The Morgan fingerprint density at radius 3 is 2.00 bits per heavy atom. The van der Waals surface area contributed by atoms with Crippen LogP contribution in [0.4, 0.5) is 0 Å². The zero-order chi connectivity index (χ0) is 29.2. The van der Waals surface area contributed by atoms with Crippen molar-refractivity contribution in [3.8, 4) is 0 Å². The van der Waals surface area contributed by atoms with Crippen molar-refractivity contribution in [3.05, 3.63) is 34.9 Å². The Bertz CT molecular complexity index is 989. The van der Waals surface area contributed by atoms with Crippen LogP contribution in [0.25, 0.3) is 0 Å². The van der Waals surface area contributed by atoms with Crippen molar-refractivity contribution in [2.45, 2.75) is 69.4 Å². The molecule has 1 aromatic carbocycles. The summed E-state index contributed by atoms with van der Waals surface area (Å²) in [7, 11) is 6.34. The Morgan fingerprint density at radius 1 is 0.923 bits per heavy atom. The van der Waals surface area contributed by atoms with E-state index in [1.807, 2.05) is 0 Å². The summed E-state index contributed by atoms with van der Waals surface area (Å²) in [5, 5.41) is 33.8. The molecule has 218 valence electrons. The van der Waals surface area contributed by atoms with Gasteiger partial charge < -0.3 is 35.1 Å². The quantitative estimate of drug-likeness (QED) is 0.317. The van der Waals surface area contributed by atoms with Gasteiger partial charge in [0.2, 0.25) is 5.91 Å². The predicted molar refractivity (Wildman–Crippen MR) is 145 cm³/mol. The van der Waals surface area contributed by atoms with Crippen LogP contribution in [0.15, 0.2) is 18.2 Å². The minimum atomic E-state index is -2.74. The highest BCUT2D eigenvalue weighted by atomic mass is 16.4. The van der Waals surface area contributed by atoms with Gasteiger partial charge in [0.1, 0.15) is 0 Å². The molecule has 1 aliphatic heterocycles. The van der Waals surface area contributed by atoms with Crippen LogP contribution in [0.3, 0.4) is 0 Å². The number of aliphatic hydroxyl groups is 1. The van der Waals surface area contributed by atoms with Crippen molar-refractivity contribution in [3.63, 3.8) is 0 Å². The number of benzene rings is 1. The molecule has 0 radical (unpaired) electrons. The Labute approximate surface area is 230 Å². The van der Waals surface area contributed by atoms with Crippen molar-refractivity contribution in [1.82, 2.24) is 14.7 Å². The summed E-state index contributed by atoms with van der Waals surface area (Å²) >= 11 is 0. The highest BCUT2D eigenvalue weighted by molar-refractivity contribution is 5.88. The van der Waals surface area contributed by atoms with E-state index in [0.29, 0.717) is 18.4 Å². The second-order valence-electron chi connectivity index (χ2n) is 10.9. The van der Waals surface area contributed by atoms with Gasteiger partial charge >= 0.3 is 17.9 Å². The maximum Gasteiger partial charge on any atom is 0.336 e.